The van der Waals surface area contributed by atoms with Crippen LogP contribution >= 0.6 is 0 Å². The van der Waals surface area contributed by atoms with Crippen molar-refractivity contribution in [3.05, 3.63) is 63.7 Å². The van der Waals surface area contributed by atoms with E-state index in [9.17, 15) is 4.79 Å². The molecule has 0 aromatic heterocycles. The van der Waals surface area contributed by atoms with Crippen molar-refractivity contribution in [2.24, 2.45) is 0 Å². The number of likely N-dealkylation sites (N-methyl/N-ethyl adjacent to an activating group) is 1. The van der Waals surface area contributed by atoms with Crippen molar-refractivity contribution >= 4 is 5.97 Å². The highest BCUT2D eigenvalue weighted by Crippen LogP contribution is 2.22. The number of hydrogen-bond donors (Lipinski definition) is 1. The van der Waals surface area contributed by atoms with E-state index in [1.807, 2.05) is 13.0 Å². The molecular formula is C22H29NO4. The van der Waals surface area contributed by atoms with Crippen LogP contribution in [0.25, 0.3) is 0 Å². The van der Waals surface area contributed by atoms with Crippen LogP contribution < -0.4 is 4.74 Å². The van der Waals surface area contributed by atoms with E-state index in [-0.39, 0.29) is 12.6 Å². The molecule has 0 saturated carbocycles. The van der Waals surface area contributed by atoms with Crippen LogP contribution in [-0.2, 0) is 24.3 Å². The Labute approximate surface area is 161 Å². The van der Waals surface area contributed by atoms with Crippen LogP contribution in [0, 0.1) is 13.8 Å². The number of hydrogen-bond acceptors (Lipinski definition) is 5. The molecule has 0 spiro atoms. The first kappa shape index (κ1) is 20.9. The Balaban J connectivity index is 0.000000194. The minimum Gasteiger partial charge on any atom is -0.496 e. The number of aliphatic hydroxyl groups is 1. The molecule has 0 saturated heterocycles. The van der Waals surface area contributed by atoms with Crippen molar-refractivity contribution < 1.29 is 19.4 Å². The molecule has 1 N–H and O–H groups in total. The second kappa shape index (κ2) is 9.53. The highest BCUT2D eigenvalue weighted by atomic mass is 16.5. The third kappa shape index (κ3) is 5.31. The van der Waals surface area contributed by atoms with Gasteiger partial charge in [0.05, 0.1) is 26.4 Å². The van der Waals surface area contributed by atoms with E-state index in [0.29, 0.717) is 11.3 Å². The topological polar surface area (TPSA) is 59.0 Å². The minimum absolute atomic E-state index is 0.162. The second-order valence-electron chi connectivity index (χ2n) is 6.87. The van der Waals surface area contributed by atoms with Gasteiger partial charge in [-0.1, -0.05) is 18.2 Å². The maximum atomic E-state index is 11.1. The van der Waals surface area contributed by atoms with Crippen LogP contribution in [0.2, 0.25) is 0 Å². The predicted molar refractivity (Wildman–Crippen MR) is 106 cm³/mol. The van der Waals surface area contributed by atoms with Crippen molar-refractivity contribution in [2.75, 3.05) is 27.8 Å². The van der Waals surface area contributed by atoms with Gasteiger partial charge in [0.2, 0.25) is 0 Å². The highest BCUT2D eigenvalue weighted by Gasteiger charge is 2.14. The number of nitrogens with zero attached hydrogens (tertiary/aromatic N) is 1. The largest absolute Gasteiger partial charge is 0.496 e. The third-order valence-corrected chi connectivity index (χ3v) is 4.86. The van der Waals surface area contributed by atoms with Gasteiger partial charge in [0, 0.05) is 13.1 Å². The summed E-state index contributed by atoms with van der Waals surface area (Å²) in [7, 11) is 5.08. The molecule has 1 heterocycles. The summed E-state index contributed by atoms with van der Waals surface area (Å²) < 4.78 is 9.65. The lowest BCUT2D eigenvalue weighted by molar-refractivity contribution is 0.0600. The third-order valence-electron chi connectivity index (χ3n) is 4.86. The van der Waals surface area contributed by atoms with Gasteiger partial charge in [0.1, 0.15) is 5.75 Å². The van der Waals surface area contributed by atoms with Crippen molar-refractivity contribution in [3.63, 3.8) is 0 Å². The molecule has 27 heavy (non-hydrogen) atoms. The molecule has 0 unspecified atom stereocenters. The zero-order valence-electron chi connectivity index (χ0n) is 16.8. The SMILES string of the molecule is COC(=O)c1ccc(C)c(OC)c1.Cc1cc2c(cc1CO)CCN(C)C2. The number of aryl methyl sites for hydroxylation is 2. The molecule has 2 aromatic rings. The molecule has 5 nitrogen and oxygen atoms in total. The molecule has 5 heteroatoms. The summed E-state index contributed by atoms with van der Waals surface area (Å²) >= 11 is 0. The molecule has 0 atom stereocenters. The Morgan fingerprint density at radius 2 is 1.85 bits per heavy atom. The number of fused-ring (bicyclic) bond motifs is 1. The average Bonchev–Trinajstić information content (AvgIpc) is 2.67. The van der Waals surface area contributed by atoms with E-state index in [1.165, 1.54) is 23.8 Å². The van der Waals surface area contributed by atoms with Crippen LogP contribution in [0.1, 0.15) is 38.2 Å². The zero-order valence-corrected chi connectivity index (χ0v) is 16.8. The van der Waals surface area contributed by atoms with E-state index in [1.54, 1.807) is 19.2 Å². The number of carbonyl (C=O) groups is 1. The van der Waals surface area contributed by atoms with Gasteiger partial charge in [-0.3, -0.25) is 0 Å². The Morgan fingerprint density at radius 1 is 1.11 bits per heavy atom. The molecule has 0 radical (unpaired) electrons. The van der Waals surface area contributed by atoms with Crippen LogP contribution in [-0.4, -0.2) is 43.8 Å². The molecule has 1 aliphatic rings. The number of esters is 1. The molecule has 3 rings (SSSR count). The number of methoxy groups -OCH3 is 2. The number of aliphatic hydroxyl groups excluding tert-OH is 1. The van der Waals surface area contributed by atoms with Crippen LogP contribution in [0.4, 0.5) is 0 Å². The van der Waals surface area contributed by atoms with E-state index < -0.39 is 0 Å². The Hall–Kier alpha value is -2.37. The standard InChI is InChI=1S/C12H17NO.C10H12O3/c1-9-5-11-7-13(2)4-3-10(11)6-12(9)8-14;1-7-4-5-8(10(11)13-3)6-9(7)12-2/h5-6,14H,3-4,7-8H2,1-2H3;4-6H,1-3H3. The molecule has 0 amide bonds. The Morgan fingerprint density at radius 3 is 2.48 bits per heavy atom. The average molecular weight is 371 g/mol. The maximum absolute atomic E-state index is 11.1. The lowest BCUT2D eigenvalue weighted by atomic mass is 9.94. The monoisotopic (exact) mass is 371 g/mol. The molecule has 0 fully saturated rings. The zero-order chi connectivity index (χ0) is 20.0. The van der Waals surface area contributed by atoms with E-state index in [0.717, 1.165) is 30.6 Å². The summed E-state index contributed by atoms with van der Waals surface area (Å²) in [5.41, 5.74) is 6.63. The number of carbonyl (C=O) groups excluding carboxylic acids is 1. The van der Waals surface area contributed by atoms with Gasteiger partial charge in [0.15, 0.2) is 0 Å². The summed E-state index contributed by atoms with van der Waals surface area (Å²) in [5, 5.41) is 9.16. The van der Waals surface area contributed by atoms with Gasteiger partial charge in [-0.25, -0.2) is 4.79 Å². The smallest absolute Gasteiger partial charge is 0.337 e. The van der Waals surface area contributed by atoms with E-state index in [4.69, 9.17) is 9.84 Å². The molecule has 0 aliphatic carbocycles. The van der Waals surface area contributed by atoms with Gasteiger partial charge < -0.3 is 19.5 Å². The van der Waals surface area contributed by atoms with Gasteiger partial charge in [0.25, 0.3) is 0 Å². The van der Waals surface area contributed by atoms with Gasteiger partial charge in [-0.05, 0) is 67.3 Å². The maximum Gasteiger partial charge on any atom is 0.337 e. The lowest BCUT2D eigenvalue weighted by Crippen LogP contribution is -2.26. The normalized spacial score (nSPS) is 13.3. The highest BCUT2D eigenvalue weighted by molar-refractivity contribution is 5.89. The summed E-state index contributed by atoms with van der Waals surface area (Å²) in [4.78, 5) is 13.4. The van der Waals surface area contributed by atoms with Gasteiger partial charge in [-0.2, -0.15) is 0 Å². The fourth-order valence-electron chi connectivity index (χ4n) is 3.16. The van der Waals surface area contributed by atoms with Gasteiger partial charge in [-0.15, -0.1) is 0 Å². The first-order chi connectivity index (χ1) is 12.9. The van der Waals surface area contributed by atoms with Crippen molar-refractivity contribution in [2.45, 2.75) is 33.4 Å². The van der Waals surface area contributed by atoms with Crippen molar-refractivity contribution in [1.82, 2.24) is 4.90 Å². The molecule has 2 aromatic carbocycles. The Kier molecular flexibility index (Phi) is 7.39. The summed E-state index contributed by atoms with van der Waals surface area (Å²) in [6.45, 7) is 6.32. The predicted octanol–water partition coefficient (Wildman–Crippen LogP) is 3.27. The summed E-state index contributed by atoms with van der Waals surface area (Å²) in [6.07, 6.45) is 1.11. The summed E-state index contributed by atoms with van der Waals surface area (Å²) in [6, 6.07) is 9.59. The lowest BCUT2D eigenvalue weighted by Gasteiger charge is -2.26. The number of rotatable bonds is 3. The van der Waals surface area contributed by atoms with Crippen molar-refractivity contribution in [3.8, 4) is 5.75 Å². The van der Waals surface area contributed by atoms with Crippen LogP contribution in [0.3, 0.4) is 0 Å². The molecule has 1 aliphatic heterocycles. The van der Waals surface area contributed by atoms with E-state index in [2.05, 4.69) is 35.7 Å². The Bertz CT molecular complexity index is 801. The fourth-order valence-corrected chi connectivity index (χ4v) is 3.16. The van der Waals surface area contributed by atoms with Crippen LogP contribution in [0.15, 0.2) is 30.3 Å². The fraction of sp³-hybridized carbons (Fsp3) is 0.409. The molecule has 146 valence electrons. The first-order valence-corrected chi connectivity index (χ1v) is 9.03. The van der Waals surface area contributed by atoms with Crippen molar-refractivity contribution in [1.29, 1.82) is 0 Å². The quantitative estimate of drug-likeness (QED) is 0.839. The van der Waals surface area contributed by atoms with Gasteiger partial charge >= 0.3 is 5.97 Å². The first-order valence-electron chi connectivity index (χ1n) is 9.03. The number of ether oxygens (including phenoxy) is 2. The van der Waals surface area contributed by atoms with E-state index >= 15 is 0 Å². The summed E-state index contributed by atoms with van der Waals surface area (Å²) in [5.74, 6) is 0.348. The minimum atomic E-state index is -0.349. The second-order valence-corrected chi connectivity index (χ2v) is 6.87. The molecular weight excluding hydrogens is 342 g/mol. The molecule has 0 bridgehead atoms. The van der Waals surface area contributed by atoms with Crippen LogP contribution in [0.5, 0.6) is 5.75 Å². The number of benzene rings is 2.